The quantitative estimate of drug-likeness (QED) is 0.879. The number of hydrogen-bond acceptors (Lipinski definition) is 3. The first-order chi connectivity index (χ1) is 7.81. The molecule has 17 heavy (non-hydrogen) atoms. The molecule has 4 nitrogen and oxygen atoms in total. The lowest BCUT2D eigenvalue weighted by atomic mass is 10.2. The molecule has 0 aromatic heterocycles. The molecule has 1 N–H and O–H groups in total. The minimum atomic E-state index is -0.527. The molecule has 5 heteroatoms. The zero-order valence-corrected chi connectivity index (χ0v) is 11.1. The molecule has 1 aromatic rings. The van der Waals surface area contributed by atoms with E-state index < -0.39 is 11.7 Å². The molecule has 1 aromatic carbocycles. The number of carbonyl (C=O) groups is 1. The van der Waals surface area contributed by atoms with E-state index in [1.165, 1.54) is 7.11 Å². The molecule has 0 saturated carbocycles. The minimum absolute atomic E-state index is 0.432. The van der Waals surface area contributed by atoms with Crippen molar-refractivity contribution in [3.05, 3.63) is 23.2 Å². The van der Waals surface area contributed by atoms with Gasteiger partial charge in [-0.2, -0.15) is 0 Å². The Morgan fingerprint density at radius 2 is 2.00 bits per heavy atom. The monoisotopic (exact) mass is 257 g/mol. The molecule has 0 fully saturated rings. The highest BCUT2D eigenvalue weighted by Crippen LogP contribution is 2.27. The molecule has 0 aliphatic rings. The molecule has 1 amide bonds. The second-order valence-corrected chi connectivity index (χ2v) is 4.88. The van der Waals surface area contributed by atoms with E-state index in [1.807, 2.05) is 0 Å². The Morgan fingerprint density at radius 1 is 1.35 bits per heavy atom. The Morgan fingerprint density at radius 3 is 2.47 bits per heavy atom. The third-order valence-electron chi connectivity index (χ3n) is 1.80. The first kappa shape index (κ1) is 13.6. The molecule has 0 heterocycles. The molecule has 1 rings (SSSR count). The summed E-state index contributed by atoms with van der Waals surface area (Å²) >= 11 is 5.93. The predicted octanol–water partition coefficient (Wildman–Crippen LogP) is 3.70. The summed E-state index contributed by atoms with van der Waals surface area (Å²) in [7, 11) is 1.53. The van der Waals surface area contributed by atoms with Crippen molar-refractivity contribution in [1.29, 1.82) is 0 Å². The number of rotatable bonds is 2. The van der Waals surface area contributed by atoms with E-state index in [2.05, 4.69) is 5.32 Å². The third kappa shape index (κ3) is 4.53. The van der Waals surface area contributed by atoms with Gasteiger partial charge in [0.2, 0.25) is 0 Å². The van der Waals surface area contributed by atoms with Crippen molar-refractivity contribution in [2.75, 3.05) is 12.4 Å². The lowest BCUT2D eigenvalue weighted by Crippen LogP contribution is -2.27. The van der Waals surface area contributed by atoms with E-state index in [0.717, 1.165) is 0 Å². The van der Waals surface area contributed by atoms with Gasteiger partial charge < -0.3 is 9.47 Å². The van der Waals surface area contributed by atoms with Gasteiger partial charge in [-0.1, -0.05) is 11.6 Å². The predicted molar refractivity (Wildman–Crippen MR) is 67.9 cm³/mol. The number of anilines is 1. The highest BCUT2D eigenvalue weighted by molar-refractivity contribution is 6.32. The van der Waals surface area contributed by atoms with Crippen LogP contribution in [0.1, 0.15) is 20.8 Å². The van der Waals surface area contributed by atoms with Crippen LogP contribution in [0.2, 0.25) is 5.02 Å². The van der Waals surface area contributed by atoms with E-state index in [4.69, 9.17) is 21.1 Å². The summed E-state index contributed by atoms with van der Waals surface area (Å²) in [4.78, 5) is 11.5. The van der Waals surface area contributed by atoms with Crippen LogP contribution in [-0.2, 0) is 4.74 Å². The van der Waals surface area contributed by atoms with Gasteiger partial charge in [-0.05, 0) is 39.0 Å². The molecular formula is C12H16ClNO3. The highest BCUT2D eigenvalue weighted by atomic mass is 35.5. The van der Waals surface area contributed by atoms with Crippen molar-refractivity contribution in [2.45, 2.75) is 26.4 Å². The molecule has 0 spiro atoms. The van der Waals surface area contributed by atoms with Crippen LogP contribution in [0.5, 0.6) is 5.75 Å². The van der Waals surface area contributed by atoms with Gasteiger partial charge >= 0.3 is 6.09 Å². The summed E-state index contributed by atoms with van der Waals surface area (Å²) in [5.74, 6) is 0.557. The number of ether oxygens (including phenoxy) is 2. The summed E-state index contributed by atoms with van der Waals surface area (Å²) in [6, 6.07) is 4.97. The van der Waals surface area contributed by atoms with Crippen molar-refractivity contribution in [3.8, 4) is 5.75 Å². The Kier molecular flexibility index (Phi) is 4.23. The molecule has 0 aliphatic carbocycles. The maximum Gasteiger partial charge on any atom is 0.412 e. The first-order valence-electron chi connectivity index (χ1n) is 5.15. The lowest BCUT2D eigenvalue weighted by Gasteiger charge is -2.19. The fourth-order valence-corrected chi connectivity index (χ4v) is 1.42. The van der Waals surface area contributed by atoms with Crippen LogP contribution in [-0.4, -0.2) is 18.8 Å². The van der Waals surface area contributed by atoms with Crippen LogP contribution < -0.4 is 10.1 Å². The SMILES string of the molecule is COc1ccc(NC(=O)OC(C)(C)C)cc1Cl. The Hall–Kier alpha value is -1.42. The fraction of sp³-hybridized carbons (Fsp3) is 0.417. The van der Waals surface area contributed by atoms with E-state index in [1.54, 1.807) is 39.0 Å². The molecule has 0 atom stereocenters. The molecule has 0 radical (unpaired) electrons. The van der Waals surface area contributed by atoms with E-state index in [-0.39, 0.29) is 0 Å². The van der Waals surface area contributed by atoms with Crippen LogP contribution >= 0.6 is 11.6 Å². The standard InChI is InChI=1S/C12H16ClNO3/c1-12(2,3)17-11(15)14-8-5-6-10(16-4)9(13)7-8/h5-7H,1-4H3,(H,14,15). The number of hydrogen-bond donors (Lipinski definition) is 1. The van der Waals surface area contributed by atoms with Gasteiger partial charge in [0.25, 0.3) is 0 Å². The third-order valence-corrected chi connectivity index (χ3v) is 2.09. The maximum absolute atomic E-state index is 11.5. The Balaban J connectivity index is 2.69. The van der Waals surface area contributed by atoms with Gasteiger partial charge in [0.15, 0.2) is 0 Å². The Bertz CT molecular complexity index is 413. The van der Waals surface area contributed by atoms with Gasteiger partial charge in [-0.15, -0.1) is 0 Å². The number of amides is 1. The zero-order chi connectivity index (χ0) is 13.1. The highest BCUT2D eigenvalue weighted by Gasteiger charge is 2.16. The number of methoxy groups -OCH3 is 1. The van der Waals surface area contributed by atoms with Crippen LogP contribution in [0.3, 0.4) is 0 Å². The van der Waals surface area contributed by atoms with Crippen molar-refractivity contribution in [3.63, 3.8) is 0 Å². The van der Waals surface area contributed by atoms with Crippen LogP contribution in [0.15, 0.2) is 18.2 Å². The molecule has 0 aliphatic heterocycles. The van der Waals surface area contributed by atoms with E-state index in [9.17, 15) is 4.79 Å². The van der Waals surface area contributed by atoms with Gasteiger partial charge in [0.1, 0.15) is 11.4 Å². The summed E-state index contributed by atoms with van der Waals surface area (Å²) in [5, 5.41) is 3.02. The van der Waals surface area contributed by atoms with Crippen molar-refractivity contribution < 1.29 is 14.3 Å². The van der Waals surface area contributed by atoms with Crippen LogP contribution in [0.4, 0.5) is 10.5 Å². The largest absolute Gasteiger partial charge is 0.495 e. The fourth-order valence-electron chi connectivity index (χ4n) is 1.17. The maximum atomic E-state index is 11.5. The van der Waals surface area contributed by atoms with Gasteiger partial charge in [-0.25, -0.2) is 4.79 Å². The zero-order valence-electron chi connectivity index (χ0n) is 10.3. The second-order valence-electron chi connectivity index (χ2n) is 4.48. The number of halogens is 1. The average molecular weight is 258 g/mol. The smallest absolute Gasteiger partial charge is 0.412 e. The second kappa shape index (κ2) is 5.27. The number of benzene rings is 1. The molecular weight excluding hydrogens is 242 g/mol. The molecule has 0 unspecified atom stereocenters. The normalized spacial score (nSPS) is 10.9. The summed E-state index contributed by atoms with van der Waals surface area (Å²) in [6.07, 6.45) is -0.515. The summed E-state index contributed by atoms with van der Waals surface area (Å²) < 4.78 is 10.1. The molecule has 94 valence electrons. The average Bonchev–Trinajstić information content (AvgIpc) is 2.14. The van der Waals surface area contributed by atoms with Gasteiger partial charge in [0.05, 0.1) is 12.1 Å². The first-order valence-corrected chi connectivity index (χ1v) is 5.53. The molecule has 0 saturated heterocycles. The lowest BCUT2D eigenvalue weighted by molar-refractivity contribution is 0.0636. The van der Waals surface area contributed by atoms with Crippen molar-refractivity contribution in [1.82, 2.24) is 0 Å². The number of nitrogens with one attached hydrogen (secondary N) is 1. The van der Waals surface area contributed by atoms with Gasteiger partial charge in [0, 0.05) is 5.69 Å². The number of carbonyl (C=O) groups excluding carboxylic acids is 1. The summed E-state index contributed by atoms with van der Waals surface area (Å²) in [5.41, 5.74) is 0.0328. The van der Waals surface area contributed by atoms with Crippen molar-refractivity contribution >= 4 is 23.4 Å². The van der Waals surface area contributed by atoms with Crippen molar-refractivity contribution in [2.24, 2.45) is 0 Å². The molecule has 0 bridgehead atoms. The van der Waals surface area contributed by atoms with E-state index in [0.29, 0.717) is 16.5 Å². The Labute approximate surface area is 106 Å². The van der Waals surface area contributed by atoms with E-state index >= 15 is 0 Å². The minimum Gasteiger partial charge on any atom is -0.495 e. The van der Waals surface area contributed by atoms with Crippen LogP contribution in [0, 0.1) is 0 Å². The van der Waals surface area contributed by atoms with Crippen LogP contribution in [0.25, 0.3) is 0 Å². The summed E-state index contributed by atoms with van der Waals surface area (Å²) in [6.45, 7) is 5.40. The van der Waals surface area contributed by atoms with Gasteiger partial charge in [-0.3, -0.25) is 5.32 Å². The topological polar surface area (TPSA) is 47.6 Å².